The molecule has 0 unspecified atom stereocenters. The van der Waals surface area contributed by atoms with Gasteiger partial charge in [-0.3, -0.25) is 10.1 Å². The van der Waals surface area contributed by atoms with Gasteiger partial charge in [0.1, 0.15) is 5.66 Å². The summed E-state index contributed by atoms with van der Waals surface area (Å²) in [4.78, 5) is 11.5. The Morgan fingerprint density at radius 1 is 0.913 bits per heavy atom. The van der Waals surface area contributed by atoms with Crippen LogP contribution in [0.4, 0.5) is 0 Å². The molecule has 0 amide bonds. The molecule has 2 aromatic rings. The van der Waals surface area contributed by atoms with Crippen molar-refractivity contribution in [3.63, 3.8) is 0 Å². The standard InChI is InChI=1S/C18H20BNO2P/c19-23(15-9-3-1-4-10-15,16-11-5-2-6-12-16)18-14-8-7-13-17(18)20(21)22/h1-6,9-12,17-18H,7-8,13-14H2/q+1/t17-,18-/m1/s1. The van der Waals surface area contributed by atoms with E-state index in [2.05, 4.69) is 0 Å². The first-order valence-electron chi connectivity index (χ1n) is 8.06. The maximum absolute atomic E-state index is 11.6. The van der Waals surface area contributed by atoms with Crippen molar-refractivity contribution in [2.45, 2.75) is 37.4 Å². The lowest BCUT2D eigenvalue weighted by Gasteiger charge is -2.35. The van der Waals surface area contributed by atoms with E-state index in [0.29, 0.717) is 6.42 Å². The molecule has 116 valence electrons. The quantitative estimate of drug-likeness (QED) is 0.375. The Labute approximate surface area is 139 Å². The summed E-state index contributed by atoms with van der Waals surface area (Å²) < 4.78 is 0. The first-order chi connectivity index (χ1) is 11.1. The molecule has 1 saturated carbocycles. The van der Waals surface area contributed by atoms with Crippen LogP contribution >= 0.6 is 7.14 Å². The summed E-state index contributed by atoms with van der Waals surface area (Å²) in [7, 11) is 4.75. The molecule has 1 fully saturated rings. The van der Waals surface area contributed by atoms with Crippen LogP contribution in [0.1, 0.15) is 25.7 Å². The van der Waals surface area contributed by atoms with Gasteiger partial charge in [0.05, 0.1) is 10.6 Å². The molecule has 2 radical (unpaired) electrons. The molecule has 2 atom stereocenters. The smallest absolute Gasteiger partial charge is 0.264 e. The van der Waals surface area contributed by atoms with E-state index in [4.69, 9.17) is 7.57 Å². The van der Waals surface area contributed by atoms with Crippen molar-refractivity contribution in [1.82, 2.24) is 0 Å². The van der Waals surface area contributed by atoms with Crippen molar-refractivity contribution in [2.24, 2.45) is 0 Å². The molecular weight excluding hydrogens is 304 g/mol. The molecule has 0 aliphatic heterocycles. The highest BCUT2D eigenvalue weighted by Crippen LogP contribution is 2.60. The third-order valence-corrected chi connectivity index (χ3v) is 8.81. The van der Waals surface area contributed by atoms with E-state index >= 15 is 0 Å². The van der Waals surface area contributed by atoms with Crippen LogP contribution in [0.5, 0.6) is 0 Å². The van der Waals surface area contributed by atoms with Crippen LogP contribution in [0, 0.1) is 10.1 Å². The number of nitro groups is 1. The maximum Gasteiger partial charge on any atom is 0.377 e. The molecule has 0 saturated heterocycles. The molecule has 0 bridgehead atoms. The average molecular weight is 324 g/mol. The lowest BCUT2D eigenvalue weighted by atomic mass is 9.95. The summed E-state index contributed by atoms with van der Waals surface area (Å²) in [6.45, 7) is 0. The Bertz CT molecular complexity index is 626. The van der Waals surface area contributed by atoms with E-state index in [1.807, 2.05) is 60.7 Å². The largest absolute Gasteiger partial charge is 0.377 e. The molecule has 23 heavy (non-hydrogen) atoms. The van der Waals surface area contributed by atoms with Gasteiger partial charge in [-0.2, -0.15) is 0 Å². The fourth-order valence-electron chi connectivity index (χ4n) is 3.69. The van der Waals surface area contributed by atoms with E-state index in [9.17, 15) is 10.1 Å². The SMILES string of the molecule is [B][P+](c1ccccc1)(c1ccccc1)[C@@H]1CCCC[C@H]1[N+](=O)[O-]. The third kappa shape index (κ3) is 3.05. The Morgan fingerprint density at radius 3 is 1.87 bits per heavy atom. The molecule has 0 aromatic heterocycles. The van der Waals surface area contributed by atoms with Crippen molar-refractivity contribution in [2.75, 3.05) is 0 Å². The Hall–Kier alpha value is -1.67. The number of hydrogen-bond acceptors (Lipinski definition) is 2. The van der Waals surface area contributed by atoms with Gasteiger partial charge in [-0.15, -0.1) is 0 Å². The first kappa shape index (κ1) is 16.2. The van der Waals surface area contributed by atoms with E-state index in [0.717, 1.165) is 29.9 Å². The van der Waals surface area contributed by atoms with Crippen LogP contribution in [0.25, 0.3) is 0 Å². The zero-order chi connectivity index (χ0) is 16.3. The topological polar surface area (TPSA) is 43.1 Å². The number of nitrogens with zero attached hydrogens (tertiary/aromatic N) is 1. The van der Waals surface area contributed by atoms with Crippen molar-refractivity contribution < 1.29 is 4.92 Å². The molecule has 0 spiro atoms. The highest BCUT2D eigenvalue weighted by atomic mass is 31.2. The van der Waals surface area contributed by atoms with Gasteiger partial charge in [-0.1, -0.05) is 36.4 Å². The zero-order valence-electron chi connectivity index (χ0n) is 13.0. The van der Waals surface area contributed by atoms with Gasteiger partial charge in [-0.25, -0.2) is 0 Å². The van der Waals surface area contributed by atoms with Gasteiger partial charge in [0, 0.05) is 18.5 Å². The summed E-state index contributed by atoms with van der Waals surface area (Å²) in [5.74, 6) is 0. The predicted molar refractivity (Wildman–Crippen MR) is 97.9 cm³/mol. The summed E-state index contributed by atoms with van der Waals surface area (Å²) in [5, 5.41) is 13.8. The molecule has 3 nitrogen and oxygen atoms in total. The van der Waals surface area contributed by atoms with E-state index in [-0.39, 0.29) is 10.6 Å². The zero-order valence-corrected chi connectivity index (χ0v) is 13.9. The van der Waals surface area contributed by atoms with Crippen molar-refractivity contribution >= 4 is 25.3 Å². The van der Waals surface area contributed by atoms with Crippen LogP contribution < -0.4 is 10.6 Å². The summed E-state index contributed by atoms with van der Waals surface area (Å²) in [5.41, 5.74) is -0.0870. The van der Waals surface area contributed by atoms with Gasteiger partial charge in [0.15, 0.2) is 0 Å². The third-order valence-electron chi connectivity index (χ3n) is 4.85. The van der Waals surface area contributed by atoms with Crippen LogP contribution in [0.3, 0.4) is 0 Å². The van der Waals surface area contributed by atoms with Crippen LogP contribution in [-0.4, -0.2) is 24.2 Å². The second-order valence-corrected chi connectivity index (χ2v) is 9.40. The molecular formula is C18H20BNO2P+. The monoisotopic (exact) mass is 324 g/mol. The molecule has 0 heterocycles. The second kappa shape index (κ2) is 6.84. The molecule has 1 aliphatic carbocycles. The molecule has 5 heteroatoms. The fraction of sp³-hybridized carbons (Fsp3) is 0.333. The molecule has 0 N–H and O–H groups in total. The average Bonchev–Trinajstić information content (AvgIpc) is 2.62. The highest BCUT2D eigenvalue weighted by Gasteiger charge is 2.54. The highest BCUT2D eigenvalue weighted by molar-refractivity contribution is 8.09. The minimum absolute atomic E-state index is 0.0870. The summed E-state index contributed by atoms with van der Waals surface area (Å²) >= 11 is 0. The van der Waals surface area contributed by atoms with E-state index in [1.165, 1.54) is 0 Å². The number of rotatable bonds is 4. The first-order valence-corrected chi connectivity index (χ1v) is 9.99. The van der Waals surface area contributed by atoms with Crippen LogP contribution in [0.15, 0.2) is 60.7 Å². The molecule has 3 rings (SSSR count). The maximum atomic E-state index is 11.6. The lowest BCUT2D eigenvalue weighted by molar-refractivity contribution is -0.524. The lowest BCUT2D eigenvalue weighted by Crippen LogP contribution is -2.44. The van der Waals surface area contributed by atoms with Crippen molar-refractivity contribution in [3.8, 4) is 0 Å². The fourth-order valence-corrected chi connectivity index (χ4v) is 7.48. The van der Waals surface area contributed by atoms with Gasteiger partial charge in [-0.05, 0) is 43.5 Å². The predicted octanol–water partition coefficient (Wildman–Crippen LogP) is 3.33. The second-order valence-electron chi connectivity index (χ2n) is 6.15. The Balaban J connectivity index is 2.14. The van der Waals surface area contributed by atoms with Crippen molar-refractivity contribution in [1.29, 1.82) is 0 Å². The van der Waals surface area contributed by atoms with Gasteiger partial charge >= 0.3 is 7.57 Å². The number of hydrogen-bond donors (Lipinski definition) is 0. The van der Waals surface area contributed by atoms with E-state index < -0.39 is 13.2 Å². The van der Waals surface area contributed by atoms with E-state index in [1.54, 1.807) is 0 Å². The Kier molecular flexibility index (Phi) is 4.82. The Morgan fingerprint density at radius 2 is 1.39 bits per heavy atom. The van der Waals surface area contributed by atoms with Crippen molar-refractivity contribution in [3.05, 3.63) is 70.8 Å². The summed E-state index contributed by atoms with van der Waals surface area (Å²) in [6.07, 6.45) is 3.41. The van der Waals surface area contributed by atoms with Gasteiger partial charge < -0.3 is 0 Å². The van der Waals surface area contributed by atoms with Gasteiger partial charge in [0.25, 0.3) is 0 Å². The van der Waals surface area contributed by atoms with Crippen LogP contribution in [0.2, 0.25) is 0 Å². The molecule has 1 aliphatic rings. The molecule has 2 aromatic carbocycles. The minimum atomic E-state index is -2.30. The number of benzene rings is 2. The normalized spacial score (nSPS) is 21.7. The van der Waals surface area contributed by atoms with Gasteiger partial charge in [0.2, 0.25) is 6.04 Å². The summed E-state index contributed by atoms with van der Waals surface area (Å²) in [6, 6.07) is 19.4. The minimum Gasteiger partial charge on any atom is -0.264 e. The van der Waals surface area contributed by atoms with Crippen LogP contribution in [-0.2, 0) is 0 Å².